The molecule has 0 radical (unpaired) electrons. The number of carbonyl (C=O) groups is 3. The lowest BCUT2D eigenvalue weighted by Gasteiger charge is -2.22. The molecule has 0 aromatic heterocycles. The molecule has 10 heteroatoms. The average Bonchev–Trinajstić information content (AvgIpc) is 2.74. The second kappa shape index (κ2) is 21.3. The molecule has 3 amide bonds. The number of primary amides is 1. The Morgan fingerprint density at radius 3 is 1.97 bits per heavy atom. The highest BCUT2D eigenvalue weighted by atomic mass is 16.5. The van der Waals surface area contributed by atoms with Crippen molar-refractivity contribution >= 4 is 17.9 Å². The standard InChI is InChI=1S/C21H44N6O4/c22-11-7-3-1-5-9-13-25-17-20(29)27(15-10-6-2-4-8-12-23)18-19(28)26-14-16-31-21(24)30/h25H,1-18,22-23H2,(H2,24,30)(H,26,28). The maximum atomic E-state index is 12.6. The quantitative estimate of drug-likeness (QED) is 0.160. The van der Waals surface area contributed by atoms with Crippen molar-refractivity contribution in [2.45, 2.75) is 64.2 Å². The lowest BCUT2D eigenvalue weighted by Crippen LogP contribution is -2.45. The van der Waals surface area contributed by atoms with E-state index in [1.807, 2.05) is 0 Å². The summed E-state index contributed by atoms with van der Waals surface area (Å²) < 4.78 is 4.58. The number of hydrogen-bond donors (Lipinski definition) is 5. The van der Waals surface area contributed by atoms with Crippen LogP contribution in [-0.4, -0.2) is 75.2 Å². The van der Waals surface area contributed by atoms with E-state index < -0.39 is 6.09 Å². The first-order valence-electron chi connectivity index (χ1n) is 11.6. The van der Waals surface area contributed by atoms with Gasteiger partial charge in [0.1, 0.15) is 6.61 Å². The fourth-order valence-electron chi connectivity index (χ4n) is 3.07. The van der Waals surface area contributed by atoms with E-state index in [-0.39, 0.29) is 38.1 Å². The van der Waals surface area contributed by atoms with E-state index in [1.54, 1.807) is 4.90 Å². The second-order valence-corrected chi connectivity index (χ2v) is 7.62. The van der Waals surface area contributed by atoms with E-state index in [9.17, 15) is 14.4 Å². The minimum Gasteiger partial charge on any atom is -0.448 e. The molecule has 0 aliphatic rings. The van der Waals surface area contributed by atoms with Gasteiger partial charge in [0.05, 0.1) is 19.6 Å². The summed E-state index contributed by atoms with van der Waals surface area (Å²) in [4.78, 5) is 36.9. The highest BCUT2D eigenvalue weighted by Gasteiger charge is 2.16. The molecule has 0 heterocycles. The highest BCUT2D eigenvalue weighted by Crippen LogP contribution is 2.05. The average molecular weight is 445 g/mol. The third-order valence-electron chi connectivity index (χ3n) is 4.82. The molecule has 0 aliphatic carbocycles. The molecule has 0 saturated heterocycles. The molecule has 31 heavy (non-hydrogen) atoms. The van der Waals surface area contributed by atoms with E-state index in [2.05, 4.69) is 15.4 Å². The van der Waals surface area contributed by atoms with Gasteiger partial charge in [0.15, 0.2) is 0 Å². The molecular formula is C21H44N6O4. The summed E-state index contributed by atoms with van der Waals surface area (Å²) in [6.07, 6.45) is 9.60. The molecule has 0 aromatic carbocycles. The van der Waals surface area contributed by atoms with Gasteiger partial charge in [-0.15, -0.1) is 0 Å². The summed E-state index contributed by atoms with van der Waals surface area (Å²) >= 11 is 0. The molecule has 0 aromatic rings. The molecule has 0 unspecified atom stereocenters. The van der Waals surface area contributed by atoms with Crippen LogP contribution in [0.15, 0.2) is 0 Å². The van der Waals surface area contributed by atoms with Gasteiger partial charge in [0.25, 0.3) is 0 Å². The zero-order valence-corrected chi connectivity index (χ0v) is 19.0. The lowest BCUT2D eigenvalue weighted by atomic mass is 10.1. The molecule has 182 valence electrons. The van der Waals surface area contributed by atoms with Crippen molar-refractivity contribution < 1.29 is 19.1 Å². The zero-order chi connectivity index (χ0) is 23.2. The Balaban J connectivity index is 4.25. The summed E-state index contributed by atoms with van der Waals surface area (Å²) in [7, 11) is 0. The van der Waals surface area contributed by atoms with Gasteiger partial charge < -0.3 is 37.5 Å². The maximum Gasteiger partial charge on any atom is 0.404 e. The van der Waals surface area contributed by atoms with E-state index in [0.29, 0.717) is 13.1 Å². The van der Waals surface area contributed by atoms with Crippen molar-refractivity contribution in [2.75, 3.05) is 52.4 Å². The van der Waals surface area contributed by atoms with Crippen molar-refractivity contribution in [2.24, 2.45) is 17.2 Å². The molecular weight excluding hydrogens is 400 g/mol. The SMILES string of the molecule is NCCCCCCCNCC(=O)N(CCCCCCCN)CC(=O)NCCOC(N)=O. The number of nitrogens with zero attached hydrogens (tertiary/aromatic N) is 1. The number of carbonyl (C=O) groups excluding carboxylic acids is 3. The molecule has 0 rings (SSSR count). The molecule has 8 N–H and O–H groups in total. The van der Waals surface area contributed by atoms with Crippen molar-refractivity contribution in [1.29, 1.82) is 0 Å². The van der Waals surface area contributed by atoms with Crippen LogP contribution in [0.1, 0.15) is 64.2 Å². The number of rotatable bonds is 21. The van der Waals surface area contributed by atoms with Gasteiger partial charge in [-0.25, -0.2) is 4.79 Å². The van der Waals surface area contributed by atoms with Gasteiger partial charge in [0.2, 0.25) is 11.8 Å². The first-order chi connectivity index (χ1) is 15.0. The fourth-order valence-corrected chi connectivity index (χ4v) is 3.07. The summed E-state index contributed by atoms with van der Waals surface area (Å²) in [6, 6.07) is 0. The van der Waals surface area contributed by atoms with Crippen molar-refractivity contribution in [3.63, 3.8) is 0 Å². The minimum atomic E-state index is -0.883. The zero-order valence-electron chi connectivity index (χ0n) is 19.0. The van der Waals surface area contributed by atoms with Crippen LogP contribution in [0.2, 0.25) is 0 Å². The van der Waals surface area contributed by atoms with Gasteiger partial charge in [-0.05, 0) is 45.3 Å². The topological polar surface area (TPSA) is 166 Å². The molecule has 0 fully saturated rings. The Kier molecular flexibility index (Phi) is 20.0. The van der Waals surface area contributed by atoms with Gasteiger partial charge in [-0.3, -0.25) is 9.59 Å². The maximum absolute atomic E-state index is 12.6. The van der Waals surface area contributed by atoms with Crippen LogP contribution in [0.25, 0.3) is 0 Å². The van der Waals surface area contributed by atoms with E-state index in [1.165, 1.54) is 0 Å². The monoisotopic (exact) mass is 444 g/mol. The number of hydrogen-bond acceptors (Lipinski definition) is 7. The van der Waals surface area contributed by atoms with Crippen LogP contribution in [0.5, 0.6) is 0 Å². The Labute approximate surface area is 187 Å². The van der Waals surface area contributed by atoms with Crippen molar-refractivity contribution in [3.8, 4) is 0 Å². The van der Waals surface area contributed by atoms with Crippen LogP contribution in [-0.2, 0) is 14.3 Å². The van der Waals surface area contributed by atoms with Crippen molar-refractivity contribution in [1.82, 2.24) is 15.5 Å². The normalized spacial score (nSPS) is 10.6. The number of nitrogens with two attached hydrogens (primary N) is 3. The number of ether oxygens (including phenoxy) is 1. The molecule has 0 bridgehead atoms. The van der Waals surface area contributed by atoms with Gasteiger partial charge in [0, 0.05) is 6.54 Å². The Morgan fingerprint density at radius 2 is 1.35 bits per heavy atom. The molecule has 0 atom stereocenters. The number of nitrogens with one attached hydrogen (secondary N) is 2. The van der Waals surface area contributed by atoms with E-state index in [0.717, 1.165) is 77.3 Å². The highest BCUT2D eigenvalue weighted by molar-refractivity contribution is 5.85. The molecule has 10 nitrogen and oxygen atoms in total. The molecule has 0 saturated carbocycles. The fraction of sp³-hybridized carbons (Fsp3) is 0.857. The van der Waals surface area contributed by atoms with Crippen LogP contribution in [0.4, 0.5) is 4.79 Å². The second-order valence-electron chi connectivity index (χ2n) is 7.62. The summed E-state index contributed by atoms with van der Waals surface area (Å²) in [5.41, 5.74) is 15.9. The van der Waals surface area contributed by atoms with Crippen LogP contribution < -0.4 is 27.8 Å². The number of amides is 3. The summed E-state index contributed by atoms with van der Waals surface area (Å²) in [5, 5.41) is 5.81. The predicted molar refractivity (Wildman–Crippen MR) is 122 cm³/mol. The minimum absolute atomic E-state index is 0.00297. The van der Waals surface area contributed by atoms with Gasteiger partial charge in [-0.1, -0.05) is 38.5 Å². The predicted octanol–water partition coefficient (Wildman–Crippen LogP) is 0.435. The van der Waals surface area contributed by atoms with Crippen molar-refractivity contribution in [3.05, 3.63) is 0 Å². The Bertz CT molecular complexity index is 479. The van der Waals surface area contributed by atoms with Gasteiger partial charge in [-0.2, -0.15) is 0 Å². The third-order valence-corrected chi connectivity index (χ3v) is 4.82. The van der Waals surface area contributed by atoms with E-state index in [4.69, 9.17) is 17.2 Å². The first kappa shape index (κ1) is 29.1. The summed E-state index contributed by atoms with van der Waals surface area (Å²) in [6.45, 7) is 3.11. The first-order valence-corrected chi connectivity index (χ1v) is 11.6. The van der Waals surface area contributed by atoms with Crippen LogP contribution in [0.3, 0.4) is 0 Å². The molecule has 0 spiro atoms. The van der Waals surface area contributed by atoms with Gasteiger partial charge >= 0.3 is 6.09 Å². The Hall–Kier alpha value is -1.91. The lowest BCUT2D eigenvalue weighted by molar-refractivity contribution is -0.135. The van der Waals surface area contributed by atoms with Crippen LogP contribution >= 0.6 is 0 Å². The summed E-state index contributed by atoms with van der Waals surface area (Å²) in [5.74, 6) is -0.377. The Morgan fingerprint density at radius 1 is 0.774 bits per heavy atom. The smallest absolute Gasteiger partial charge is 0.404 e. The third kappa shape index (κ3) is 19.8. The van der Waals surface area contributed by atoms with E-state index >= 15 is 0 Å². The number of unbranched alkanes of at least 4 members (excludes halogenated alkanes) is 8. The van der Waals surface area contributed by atoms with Crippen LogP contribution in [0, 0.1) is 0 Å². The largest absolute Gasteiger partial charge is 0.448 e. The molecule has 0 aliphatic heterocycles.